The van der Waals surface area contributed by atoms with E-state index in [1.165, 1.54) is 28.9 Å². The van der Waals surface area contributed by atoms with Crippen LogP contribution in [0.15, 0.2) is 93.5 Å². The normalized spacial score (nSPS) is 15.1. The number of hydrogen-bond acceptors (Lipinski definition) is 6. The fourth-order valence-electron chi connectivity index (χ4n) is 3.37. The first-order chi connectivity index (χ1) is 15.7. The number of pyridine rings is 1. The second-order valence-corrected chi connectivity index (χ2v) is 9.52. The fourth-order valence-corrected chi connectivity index (χ4v) is 4.23. The number of hydrazone groups is 1. The largest absolute Gasteiger partial charge is 0.280 e. The Morgan fingerprint density at radius 3 is 2.39 bits per heavy atom. The number of anilines is 1. The summed E-state index contributed by atoms with van der Waals surface area (Å²) in [5.41, 5.74) is 1.79. The first-order valence-corrected chi connectivity index (χ1v) is 11.1. The smallest absolute Gasteiger partial charge is 0.267 e. The molecule has 166 valence electrons. The van der Waals surface area contributed by atoms with E-state index in [2.05, 4.69) is 10.1 Å². The van der Waals surface area contributed by atoms with Gasteiger partial charge in [-0.3, -0.25) is 14.9 Å². The number of carbonyl (C=O) groups excluding carboxylic acids is 1. The quantitative estimate of drug-likeness (QED) is 0.267. The zero-order chi connectivity index (χ0) is 23.6. The number of benzene rings is 2. The number of nitro groups is 1. The third kappa shape index (κ3) is 4.85. The summed E-state index contributed by atoms with van der Waals surface area (Å²) in [5, 5.41) is 18.2. The van der Waals surface area contributed by atoms with Crippen molar-refractivity contribution in [1.29, 1.82) is 0 Å². The van der Waals surface area contributed by atoms with Gasteiger partial charge in [-0.2, -0.15) is 10.1 Å². The number of carbonyl (C=O) groups is 1. The molecule has 2 heterocycles. The lowest BCUT2D eigenvalue weighted by Gasteiger charge is -2.18. The number of nitro benzene ring substituents is 1. The third-order valence-electron chi connectivity index (χ3n) is 4.95. The third-order valence-corrected chi connectivity index (χ3v) is 5.99. The molecule has 0 fully saturated rings. The molecule has 1 aliphatic heterocycles. The highest BCUT2D eigenvalue weighted by Gasteiger charge is 2.37. The lowest BCUT2D eigenvalue weighted by Crippen LogP contribution is -2.24. The zero-order valence-electron chi connectivity index (χ0n) is 18.4. The van der Waals surface area contributed by atoms with Crippen molar-refractivity contribution in [2.75, 3.05) is 5.01 Å². The maximum Gasteiger partial charge on any atom is 0.280 e. The van der Waals surface area contributed by atoms with Crippen molar-refractivity contribution >= 4 is 40.8 Å². The molecular weight excluding hydrogens is 436 g/mol. The maximum atomic E-state index is 13.4. The van der Waals surface area contributed by atoms with Gasteiger partial charge in [-0.25, -0.2) is 4.98 Å². The highest BCUT2D eigenvalue weighted by molar-refractivity contribution is 7.99. The van der Waals surface area contributed by atoms with E-state index in [4.69, 9.17) is 0 Å². The van der Waals surface area contributed by atoms with Crippen molar-refractivity contribution in [3.05, 3.63) is 94.2 Å². The summed E-state index contributed by atoms with van der Waals surface area (Å²) < 4.78 is 0. The summed E-state index contributed by atoms with van der Waals surface area (Å²) in [5.74, 6) is -0.272. The molecule has 0 radical (unpaired) electrons. The van der Waals surface area contributed by atoms with Crippen molar-refractivity contribution in [1.82, 2.24) is 4.98 Å². The Kier molecular flexibility index (Phi) is 6.11. The number of amides is 1. The van der Waals surface area contributed by atoms with Crippen LogP contribution in [0.4, 0.5) is 11.4 Å². The molecule has 4 rings (SSSR count). The Bertz CT molecular complexity index is 1270. The van der Waals surface area contributed by atoms with Crippen LogP contribution in [0, 0.1) is 15.5 Å². The average Bonchev–Trinajstić information content (AvgIpc) is 3.12. The van der Waals surface area contributed by atoms with Gasteiger partial charge in [-0.05, 0) is 42.0 Å². The summed E-state index contributed by atoms with van der Waals surface area (Å²) in [6.45, 7) is 5.95. The maximum absolute atomic E-state index is 13.4. The summed E-state index contributed by atoms with van der Waals surface area (Å²) >= 11 is 1.38. The van der Waals surface area contributed by atoms with Gasteiger partial charge in [-0.1, -0.05) is 56.8 Å². The van der Waals surface area contributed by atoms with E-state index in [1.54, 1.807) is 18.3 Å². The fraction of sp³-hybridized carbons (Fsp3) is 0.160. The number of para-hydroxylation sites is 1. The molecule has 0 bridgehead atoms. The molecule has 8 heteroatoms. The molecule has 3 aromatic rings. The number of non-ortho nitro benzene ring substituents is 1. The highest BCUT2D eigenvalue weighted by Crippen LogP contribution is 2.36. The molecule has 1 aliphatic rings. The van der Waals surface area contributed by atoms with E-state index in [9.17, 15) is 14.9 Å². The predicted octanol–water partition coefficient (Wildman–Crippen LogP) is 5.97. The Morgan fingerprint density at radius 1 is 1.03 bits per heavy atom. The van der Waals surface area contributed by atoms with Crippen molar-refractivity contribution < 1.29 is 9.72 Å². The van der Waals surface area contributed by atoms with Crippen LogP contribution >= 0.6 is 11.8 Å². The number of rotatable bonds is 5. The monoisotopic (exact) mass is 458 g/mol. The number of aromatic nitrogens is 1. The minimum Gasteiger partial charge on any atom is -0.267 e. The number of nitrogens with zero attached hydrogens (tertiary/aromatic N) is 4. The Labute approximate surface area is 196 Å². The van der Waals surface area contributed by atoms with Gasteiger partial charge in [0.2, 0.25) is 0 Å². The molecule has 0 unspecified atom stereocenters. The van der Waals surface area contributed by atoms with Crippen molar-refractivity contribution in [3.8, 4) is 0 Å². The van der Waals surface area contributed by atoms with Gasteiger partial charge >= 0.3 is 0 Å². The van der Waals surface area contributed by atoms with Crippen LogP contribution in [-0.2, 0) is 4.79 Å². The lowest BCUT2D eigenvalue weighted by molar-refractivity contribution is -0.384. The van der Waals surface area contributed by atoms with Gasteiger partial charge < -0.3 is 0 Å². The second-order valence-electron chi connectivity index (χ2n) is 8.46. The molecule has 7 nitrogen and oxygen atoms in total. The Hall–Kier alpha value is -3.78. The molecule has 0 N–H and O–H groups in total. The van der Waals surface area contributed by atoms with E-state index in [0.29, 0.717) is 22.5 Å². The highest BCUT2D eigenvalue weighted by atomic mass is 32.2. The minimum atomic E-state index is -0.442. The minimum absolute atomic E-state index is 0.0492. The van der Waals surface area contributed by atoms with Gasteiger partial charge in [0.05, 0.1) is 21.9 Å². The van der Waals surface area contributed by atoms with Crippen LogP contribution in [0.25, 0.3) is 6.08 Å². The van der Waals surface area contributed by atoms with Gasteiger partial charge in [0.15, 0.2) is 0 Å². The zero-order valence-corrected chi connectivity index (χ0v) is 19.2. The summed E-state index contributed by atoms with van der Waals surface area (Å²) in [6.07, 6.45) is 3.39. The van der Waals surface area contributed by atoms with Gasteiger partial charge in [0.25, 0.3) is 11.6 Å². The van der Waals surface area contributed by atoms with Gasteiger partial charge in [-0.15, -0.1) is 0 Å². The van der Waals surface area contributed by atoms with Crippen molar-refractivity contribution in [2.24, 2.45) is 10.5 Å². The molecule has 2 aromatic carbocycles. The summed E-state index contributed by atoms with van der Waals surface area (Å²) in [7, 11) is 0. The van der Waals surface area contributed by atoms with Crippen LogP contribution in [-0.4, -0.2) is 21.5 Å². The molecule has 1 amide bonds. The molecule has 0 saturated carbocycles. The van der Waals surface area contributed by atoms with E-state index in [1.807, 2.05) is 69.3 Å². The van der Waals surface area contributed by atoms with E-state index >= 15 is 0 Å². The van der Waals surface area contributed by atoms with Crippen molar-refractivity contribution in [3.63, 3.8) is 0 Å². The summed E-state index contributed by atoms with van der Waals surface area (Å²) in [4.78, 5) is 29.5. The van der Waals surface area contributed by atoms with E-state index < -0.39 is 10.3 Å². The first kappa shape index (κ1) is 22.4. The van der Waals surface area contributed by atoms with Crippen LogP contribution in [0.3, 0.4) is 0 Å². The van der Waals surface area contributed by atoms with Gasteiger partial charge in [0, 0.05) is 28.6 Å². The van der Waals surface area contributed by atoms with Crippen LogP contribution in [0.1, 0.15) is 26.3 Å². The van der Waals surface area contributed by atoms with Crippen molar-refractivity contribution in [2.45, 2.75) is 30.7 Å². The van der Waals surface area contributed by atoms with Crippen LogP contribution in [0.2, 0.25) is 0 Å². The van der Waals surface area contributed by atoms with Crippen LogP contribution in [0.5, 0.6) is 0 Å². The van der Waals surface area contributed by atoms with E-state index in [-0.39, 0.29) is 11.6 Å². The topological polar surface area (TPSA) is 88.7 Å². The molecule has 1 aromatic heterocycles. The summed E-state index contributed by atoms with van der Waals surface area (Å²) in [6, 6.07) is 19.4. The average molecular weight is 459 g/mol. The lowest BCUT2D eigenvalue weighted by atomic mass is 9.85. The molecule has 0 aliphatic carbocycles. The molecule has 0 spiro atoms. The number of hydrogen-bond donors (Lipinski definition) is 0. The van der Waals surface area contributed by atoms with Gasteiger partial charge in [0.1, 0.15) is 5.03 Å². The second kappa shape index (κ2) is 8.99. The predicted molar refractivity (Wildman–Crippen MR) is 130 cm³/mol. The van der Waals surface area contributed by atoms with Crippen LogP contribution < -0.4 is 5.01 Å². The molecular formula is C25H22N4O3S. The first-order valence-electron chi connectivity index (χ1n) is 10.3. The molecule has 33 heavy (non-hydrogen) atoms. The Balaban J connectivity index is 1.83. The van der Waals surface area contributed by atoms with E-state index in [0.717, 1.165) is 9.92 Å². The molecule has 0 saturated heterocycles. The standard InChI is InChI=1S/C25H22N4O3S/c1-25(2,3)23-20(24(30)28(27-23)18-9-5-4-6-10-18)16-17-15-19(29(31)32)12-13-21(17)33-22-11-7-8-14-26-22/h4-16H,1-3H3. The SMILES string of the molecule is CC(C)(C)C1=NN(c2ccccc2)C(=O)C1=Cc1cc([N+](=O)[O-])ccc1Sc1ccccn1. The molecule has 0 atom stereocenters. The Morgan fingerprint density at radius 2 is 1.76 bits per heavy atom.